The van der Waals surface area contributed by atoms with Crippen molar-refractivity contribution in [2.45, 2.75) is 26.2 Å². The van der Waals surface area contributed by atoms with Gasteiger partial charge in [-0.3, -0.25) is 4.99 Å². The lowest BCUT2D eigenvalue weighted by molar-refractivity contribution is 0.426. The molecule has 0 saturated carbocycles. The number of hydrogen-bond donors (Lipinski definition) is 1. The van der Waals surface area contributed by atoms with Crippen molar-refractivity contribution in [3.8, 4) is 5.75 Å². The van der Waals surface area contributed by atoms with E-state index in [1.807, 2.05) is 0 Å². The van der Waals surface area contributed by atoms with Crippen LogP contribution in [0.1, 0.15) is 37.3 Å². The lowest BCUT2D eigenvalue weighted by Crippen LogP contribution is -2.10. The number of rotatable bonds is 4. The van der Waals surface area contributed by atoms with Gasteiger partial charge in [0.25, 0.3) is 0 Å². The Labute approximate surface area is 131 Å². The molecule has 2 rings (SSSR count). The van der Waals surface area contributed by atoms with Crippen LogP contribution in [-0.2, 0) is 0 Å². The summed E-state index contributed by atoms with van der Waals surface area (Å²) >= 11 is 0. The number of phenolic OH excluding ortho intramolecular Hbond substituents is 1. The molecule has 0 aromatic heterocycles. The largest absolute Gasteiger partial charge is 0.506 e. The normalized spacial score (nSPS) is 12.8. The fourth-order valence-corrected chi connectivity index (χ4v) is 2.12. The number of para-hydroxylation sites is 2. The topological polar surface area (TPSA) is 32.6 Å². The number of aliphatic imine (C=N–C) groups is 1. The molecule has 2 aromatic carbocycles. The van der Waals surface area contributed by atoms with E-state index in [0.29, 0.717) is 12.6 Å². The second-order valence-corrected chi connectivity index (χ2v) is 5.14. The minimum absolute atomic E-state index is 0.0260. The van der Waals surface area contributed by atoms with E-state index in [4.69, 9.17) is 0 Å². The second-order valence-electron chi connectivity index (χ2n) is 5.14. The quantitative estimate of drug-likeness (QED) is 0.467. The third kappa shape index (κ3) is 3.21. The first-order valence-electron chi connectivity index (χ1n) is 7.06. The van der Waals surface area contributed by atoms with E-state index in [0.717, 1.165) is 0 Å². The van der Waals surface area contributed by atoms with Crippen molar-refractivity contribution in [2.24, 2.45) is 4.99 Å². The van der Waals surface area contributed by atoms with Crippen LogP contribution in [0, 0.1) is 23.3 Å². The van der Waals surface area contributed by atoms with Gasteiger partial charge in [0.15, 0.2) is 23.3 Å². The summed E-state index contributed by atoms with van der Waals surface area (Å²) in [6, 6.07) is 5.80. The molecule has 0 radical (unpaired) electrons. The van der Waals surface area contributed by atoms with E-state index >= 15 is 0 Å². The first-order valence-corrected chi connectivity index (χ1v) is 7.06. The van der Waals surface area contributed by atoms with Crippen LogP contribution in [-0.4, -0.2) is 11.3 Å². The van der Waals surface area contributed by atoms with Gasteiger partial charge in [-0.05, 0) is 24.5 Å². The Kier molecular flexibility index (Phi) is 5.03. The third-order valence-electron chi connectivity index (χ3n) is 3.65. The Hall–Kier alpha value is -2.37. The number of nitrogens with zero attached hydrogens (tertiary/aromatic N) is 1. The van der Waals surface area contributed by atoms with Gasteiger partial charge in [-0.1, -0.05) is 26.0 Å². The second kappa shape index (κ2) is 6.81. The number of hydrogen-bond acceptors (Lipinski definition) is 2. The molecule has 23 heavy (non-hydrogen) atoms. The highest BCUT2D eigenvalue weighted by Crippen LogP contribution is 2.31. The maximum Gasteiger partial charge on any atom is 0.171 e. The molecule has 0 heterocycles. The Morgan fingerprint density at radius 2 is 1.61 bits per heavy atom. The standard InChI is InChI=1S/C17H15F4NO/c1-3-9(2)13-16(20)14(18)10(15(19)17(13)21)8-22-11-6-4-5-7-12(11)23/h4-9,23H,3H2,1-2H3. The highest BCUT2D eigenvalue weighted by Gasteiger charge is 2.26. The highest BCUT2D eigenvalue weighted by molar-refractivity contribution is 5.83. The van der Waals surface area contributed by atoms with Gasteiger partial charge in [-0.15, -0.1) is 0 Å². The molecule has 0 fully saturated rings. The number of aromatic hydroxyl groups is 1. The lowest BCUT2D eigenvalue weighted by atomic mass is 9.95. The molecule has 2 nitrogen and oxygen atoms in total. The Balaban J connectivity index is 2.55. The van der Waals surface area contributed by atoms with Gasteiger partial charge in [-0.2, -0.15) is 0 Å². The van der Waals surface area contributed by atoms with Gasteiger partial charge in [-0.25, -0.2) is 17.6 Å². The molecule has 0 amide bonds. The molecule has 0 saturated heterocycles. The fraction of sp³-hybridized carbons (Fsp3) is 0.235. The maximum absolute atomic E-state index is 14.1. The monoisotopic (exact) mass is 325 g/mol. The number of benzene rings is 2. The molecule has 1 unspecified atom stereocenters. The van der Waals surface area contributed by atoms with Crippen LogP contribution in [0.2, 0.25) is 0 Å². The molecule has 0 spiro atoms. The summed E-state index contributed by atoms with van der Waals surface area (Å²) in [5.41, 5.74) is -1.50. The minimum Gasteiger partial charge on any atom is -0.506 e. The predicted molar refractivity (Wildman–Crippen MR) is 80.3 cm³/mol. The van der Waals surface area contributed by atoms with Crippen molar-refractivity contribution in [2.75, 3.05) is 0 Å². The molecule has 122 valence electrons. The summed E-state index contributed by atoms with van der Waals surface area (Å²) in [6.07, 6.45) is 0.990. The number of halogens is 4. The van der Waals surface area contributed by atoms with Crippen LogP contribution in [0.3, 0.4) is 0 Å². The molecule has 0 aliphatic rings. The molecular weight excluding hydrogens is 310 g/mol. The van der Waals surface area contributed by atoms with Gasteiger partial charge in [0, 0.05) is 11.8 Å². The van der Waals surface area contributed by atoms with E-state index in [2.05, 4.69) is 4.99 Å². The van der Waals surface area contributed by atoms with Crippen LogP contribution in [0.5, 0.6) is 5.75 Å². The fourth-order valence-electron chi connectivity index (χ4n) is 2.12. The van der Waals surface area contributed by atoms with Crippen LogP contribution in [0.25, 0.3) is 0 Å². The average molecular weight is 325 g/mol. The third-order valence-corrected chi connectivity index (χ3v) is 3.65. The van der Waals surface area contributed by atoms with Crippen molar-refractivity contribution < 1.29 is 22.7 Å². The summed E-state index contributed by atoms with van der Waals surface area (Å²) in [6.45, 7) is 3.14. The summed E-state index contributed by atoms with van der Waals surface area (Å²) in [5.74, 6) is -6.73. The molecular formula is C17H15F4NO. The maximum atomic E-state index is 14.1. The molecule has 0 aliphatic heterocycles. The summed E-state index contributed by atoms with van der Waals surface area (Å²) in [4.78, 5) is 3.69. The summed E-state index contributed by atoms with van der Waals surface area (Å²) in [7, 11) is 0. The van der Waals surface area contributed by atoms with Crippen molar-refractivity contribution in [1.82, 2.24) is 0 Å². The van der Waals surface area contributed by atoms with Gasteiger partial charge < -0.3 is 5.11 Å². The Bertz CT molecular complexity index is 729. The SMILES string of the molecule is CCC(C)c1c(F)c(F)c(C=Nc2ccccc2O)c(F)c1F. The Morgan fingerprint density at radius 3 is 2.13 bits per heavy atom. The van der Waals surface area contributed by atoms with E-state index in [1.54, 1.807) is 13.0 Å². The first kappa shape index (κ1) is 17.0. The van der Waals surface area contributed by atoms with Crippen molar-refractivity contribution >= 4 is 11.9 Å². The molecule has 0 bridgehead atoms. The average Bonchev–Trinajstić information content (AvgIpc) is 2.54. The van der Waals surface area contributed by atoms with E-state index in [-0.39, 0.29) is 11.4 Å². The van der Waals surface area contributed by atoms with E-state index < -0.39 is 40.3 Å². The lowest BCUT2D eigenvalue weighted by Gasteiger charge is -2.14. The predicted octanol–water partition coefficient (Wildman–Crippen LogP) is 5.21. The first-order chi connectivity index (χ1) is 10.9. The minimum atomic E-state index is -1.50. The zero-order chi connectivity index (χ0) is 17.1. The molecule has 1 N–H and O–H groups in total. The number of phenols is 1. The van der Waals surface area contributed by atoms with Gasteiger partial charge >= 0.3 is 0 Å². The molecule has 2 aromatic rings. The Morgan fingerprint density at radius 1 is 1.04 bits per heavy atom. The zero-order valence-corrected chi connectivity index (χ0v) is 12.6. The van der Waals surface area contributed by atoms with Crippen LogP contribution < -0.4 is 0 Å². The van der Waals surface area contributed by atoms with Gasteiger partial charge in [0.1, 0.15) is 11.4 Å². The van der Waals surface area contributed by atoms with Crippen LogP contribution >= 0.6 is 0 Å². The van der Waals surface area contributed by atoms with Crippen molar-refractivity contribution in [1.29, 1.82) is 0 Å². The summed E-state index contributed by atoms with van der Waals surface area (Å²) in [5, 5.41) is 9.54. The van der Waals surface area contributed by atoms with Crippen molar-refractivity contribution in [3.05, 3.63) is 58.7 Å². The smallest absolute Gasteiger partial charge is 0.171 e. The molecule has 1 atom stereocenters. The van der Waals surface area contributed by atoms with Crippen molar-refractivity contribution in [3.63, 3.8) is 0 Å². The van der Waals surface area contributed by atoms with Gasteiger partial charge in [0.2, 0.25) is 0 Å². The molecule has 0 aliphatic carbocycles. The summed E-state index contributed by atoms with van der Waals surface area (Å²) < 4.78 is 56.2. The van der Waals surface area contributed by atoms with Crippen LogP contribution in [0.4, 0.5) is 23.2 Å². The van der Waals surface area contributed by atoms with E-state index in [9.17, 15) is 22.7 Å². The zero-order valence-electron chi connectivity index (χ0n) is 12.6. The van der Waals surface area contributed by atoms with E-state index in [1.165, 1.54) is 25.1 Å². The van der Waals surface area contributed by atoms with Gasteiger partial charge in [0.05, 0.1) is 5.56 Å². The molecule has 6 heteroatoms. The highest BCUT2D eigenvalue weighted by atomic mass is 19.2. The van der Waals surface area contributed by atoms with Crippen LogP contribution in [0.15, 0.2) is 29.3 Å².